The molecule has 0 radical (unpaired) electrons. The van der Waals surface area contributed by atoms with Crippen LogP contribution in [0.2, 0.25) is 0 Å². The van der Waals surface area contributed by atoms with Gasteiger partial charge >= 0.3 is 5.97 Å². The molecule has 0 saturated heterocycles. The van der Waals surface area contributed by atoms with Crippen LogP contribution in [0.5, 0.6) is 5.75 Å². The molecule has 4 nitrogen and oxygen atoms in total. The summed E-state index contributed by atoms with van der Waals surface area (Å²) >= 11 is 0. The Kier molecular flexibility index (Phi) is 2.87. The molecular weight excluding hydrogens is 196 g/mol. The first kappa shape index (κ1) is 9.98. The minimum atomic E-state index is -0.950. The van der Waals surface area contributed by atoms with E-state index in [1.54, 1.807) is 0 Å². The molecular formula is C11H12O4. The summed E-state index contributed by atoms with van der Waals surface area (Å²) in [6, 6.07) is 7.72. The zero-order chi connectivity index (χ0) is 10.7. The second-order valence-corrected chi connectivity index (χ2v) is 3.45. The molecule has 1 unspecified atom stereocenters. The van der Waals surface area contributed by atoms with E-state index < -0.39 is 5.97 Å². The van der Waals surface area contributed by atoms with Crippen LogP contribution in [-0.2, 0) is 16.0 Å². The van der Waals surface area contributed by atoms with Gasteiger partial charge in [0.15, 0.2) is 0 Å². The highest BCUT2D eigenvalue weighted by Crippen LogP contribution is 2.24. The third kappa shape index (κ3) is 2.47. The zero-order valence-corrected chi connectivity index (χ0v) is 8.18. The highest BCUT2D eigenvalue weighted by Gasteiger charge is 2.20. The molecule has 0 fully saturated rings. The average Bonchev–Trinajstić information content (AvgIpc) is 2.26. The standard InChI is InChI=1S/C11H12O4/c12-11(13)7-14-9-5-8-3-1-2-4-10(8)15-6-9/h1-4,9H,5-7H2,(H,12,13). The molecule has 0 aromatic heterocycles. The van der Waals surface area contributed by atoms with Gasteiger partial charge in [0.1, 0.15) is 19.0 Å². The summed E-state index contributed by atoms with van der Waals surface area (Å²) < 4.78 is 10.6. The molecule has 1 heterocycles. The van der Waals surface area contributed by atoms with Crippen molar-refractivity contribution in [2.24, 2.45) is 0 Å². The van der Waals surface area contributed by atoms with Crippen molar-refractivity contribution in [3.05, 3.63) is 29.8 Å². The van der Waals surface area contributed by atoms with Gasteiger partial charge in [0.05, 0.1) is 6.10 Å². The maximum absolute atomic E-state index is 10.3. The molecule has 1 atom stereocenters. The number of carboxylic acid groups (broad SMARTS) is 1. The normalized spacial score (nSPS) is 19.1. The van der Waals surface area contributed by atoms with Crippen LogP contribution in [0.1, 0.15) is 5.56 Å². The van der Waals surface area contributed by atoms with Gasteiger partial charge in [-0.3, -0.25) is 0 Å². The first-order chi connectivity index (χ1) is 7.25. The first-order valence-electron chi connectivity index (χ1n) is 4.80. The quantitative estimate of drug-likeness (QED) is 0.807. The van der Waals surface area contributed by atoms with Crippen LogP contribution in [0.4, 0.5) is 0 Å². The van der Waals surface area contributed by atoms with E-state index in [1.807, 2.05) is 24.3 Å². The zero-order valence-electron chi connectivity index (χ0n) is 8.18. The predicted molar refractivity (Wildman–Crippen MR) is 53.0 cm³/mol. The van der Waals surface area contributed by atoms with Gasteiger partial charge < -0.3 is 14.6 Å². The van der Waals surface area contributed by atoms with Gasteiger partial charge in [0.25, 0.3) is 0 Å². The Morgan fingerprint density at radius 3 is 3.13 bits per heavy atom. The minimum Gasteiger partial charge on any atom is -0.491 e. The number of fused-ring (bicyclic) bond motifs is 1. The van der Waals surface area contributed by atoms with Crippen LogP contribution in [0, 0.1) is 0 Å². The van der Waals surface area contributed by atoms with Crippen molar-refractivity contribution < 1.29 is 19.4 Å². The first-order valence-corrected chi connectivity index (χ1v) is 4.80. The van der Waals surface area contributed by atoms with Gasteiger partial charge in [-0.05, 0) is 11.6 Å². The molecule has 0 amide bonds. The Balaban J connectivity index is 1.96. The SMILES string of the molecule is O=C(O)COC1COc2ccccc2C1. The third-order valence-corrected chi connectivity index (χ3v) is 2.29. The largest absolute Gasteiger partial charge is 0.491 e. The number of rotatable bonds is 3. The number of aliphatic carboxylic acids is 1. The van der Waals surface area contributed by atoms with E-state index in [-0.39, 0.29) is 12.7 Å². The van der Waals surface area contributed by atoms with Crippen molar-refractivity contribution in [1.29, 1.82) is 0 Å². The minimum absolute atomic E-state index is 0.156. The molecule has 0 spiro atoms. The summed E-state index contributed by atoms with van der Waals surface area (Å²) in [4.78, 5) is 10.3. The molecule has 80 valence electrons. The van der Waals surface area contributed by atoms with Gasteiger partial charge in [-0.15, -0.1) is 0 Å². The van der Waals surface area contributed by atoms with E-state index in [9.17, 15) is 4.79 Å². The summed E-state index contributed by atoms with van der Waals surface area (Å²) in [6.45, 7) is 0.153. The lowest BCUT2D eigenvalue weighted by Crippen LogP contribution is -2.30. The maximum Gasteiger partial charge on any atom is 0.329 e. The van der Waals surface area contributed by atoms with E-state index in [2.05, 4.69) is 0 Å². The number of carboxylic acids is 1. The summed E-state index contributed by atoms with van der Waals surface area (Å²) in [5.74, 6) is -0.0819. The highest BCUT2D eigenvalue weighted by molar-refractivity contribution is 5.68. The Morgan fingerprint density at radius 2 is 2.33 bits per heavy atom. The highest BCUT2D eigenvalue weighted by atomic mass is 16.5. The summed E-state index contributed by atoms with van der Waals surface area (Å²) in [5.41, 5.74) is 1.07. The molecule has 1 aromatic carbocycles. The molecule has 0 aliphatic carbocycles. The average molecular weight is 208 g/mol. The van der Waals surface area contributed by atoms with Crippen molar-refractivity contribution in [2.45, 2.75) is 12.5 Å². The van der Waals surface area contributed by atoms with Crippen LogP contribution >= 0.6 is 0 Å². The molecule has 1 aliphatic rings. The molecule has 15 heavy (non-hydrogen) atoms. The lowest BCUT2D eigenvalue weighted by Gasteiger charge is -2.24. The van der Waals surface area contributed by atoms with E-state index in [4.69, 9.17) is 14.6 Å². The second kappa shape index (κ2) is 4.31. The summed E-state index contributed by atoms with van der Waals surface area (Å²) in [6.07, 6.45) is 0.555. The van der Waals surface area contributed by atoms with Crippen LogP contribution in [0.15, 0.2) is 24.3 Å². The van der Waals surface area contributed by atoms with Gasteiger partial charge in [-0.25, -0.2) is 4.79 Å². The topological polar surface area (TPSA) is 55.8 Å². The van der Waals surface area contributed by atoms with E-state index in [1.165, 1.54) is 0 Å². The molecule has 4 heteroatoms. The molecule has 0 bridgehead atoms. The molecule has 0 saturated carbocycles. The Morgan fingerprint density at radius 1 is 1.53 bits per heavy atom. The lowest BCUT2D eigenvalue weighted by atomic mass is 10.0. The molecule has 1 aliphatic heterocycles. The third-order valence-electron chi connectivity index (χ3n) is 2.29. The number of carbonyl (C=O) groups is 1. The summed E-state index contributed by atoms with van der Waals surface area (Å²) in [7, 11) is 0. The van der Waals surface area contributed by atoms with Gasteiger partial charge in [-0.1, -0.05) is 18.2 Å². The number of ether oxygens (including phenoxy) is 2. The molecule has 2 rings (SSSR count). The fraction of sp³-hybridized carbons (Fsp3) is 0.364. The van der Waals surface area contributed by atoms with Crippen molar-refractivity contribution in [3.8, 4) is 5.75 Å². The van der Waals surface area contributed by atoms with Crippen LogP contribution in [0.25, 0.3) is 0 Å². The van der Waals surface area contributed by atoms with Gasteiger partial charge in [-0.2, -0.15) is 0 Å². The van der Waals surface area contributed by atoms with E-state index in [0.717, 1.165) is 11.3 Å². The number of benzene rings is 1. The smallest absolute Gasteiger partial charge is 0.329 e. The molecule has 1 N–H and O–H groups in total. The number of para-hydroxylation sites is 1. The maximum atomic E-state index is 10.3. The monoisotopic (exact) mass is 208 g/mol. The predicted octanol–water partition coefficient (Wildman–Crippen LogP) is 1.09. The van der Waals surface area contributed by atoms with Crippen molar-refractivity contribution in [3.63, 3.8) is 0 Å². The Bertz CT molecular complexity index is 361. The van der Waals surface area contributed by atoms with Crippen molar-refractivity contribution in [1.82, 2.24) is 0 Å². The van der Waals surface area contributed by atoms with Crippen LogP contribution < -0.4 is 4.74 Å². The van der Waals surface area contributed by atoms with Crippen molar-refractivity contribution in [2.75, 3.05) is 13.2 Å². The number of hydrogen-bond acceptors (Lipinski definition) is 3. The van der Waals surface area contributed by atoms with E-state index >= 15 is 0 Å². The van der Waals surface area contributed by atoms with Crippen LogP contribution in [-0.4, -0.2) is 30.4 Å². The van der Waals surface area contributed by atoms with E-state index in [0.29, 0.717) is 13.0 Å². The Labute approximate surface area is 87.4 Å². The fourth-order valence-corrected chi connectivity index (χ4v) is 1.60. The molecule has 1 aromatic rings. The van der Waals surface area contributed by atoms with Gasteiger partial charge in [0, 0.05) is 6.42 Å². The van der Waals surface area contributed by atoms with Crippen LogP contribution in [0.3, 0.4) is 0 Å². The fourth-order valence-electron chi connectivity index (χ4n) is 1.60. The van der Waals surface area contributed by atoms with Gasteiger partial charge in [0.2, 0.25) is 0 Å². The number of hydrogen-bond donors (Lipinski definition) is 1. The second-order valence-electron chi connectivity index (χ2n) is 3.45. The van der Waals surface area contributed by atoms with Crippen molar-refractivity contribution >= 4 is 5.97 Å². The Hall–Kier alpha value is -1.55. The lowest BCUT2D eigenvalue weighted by molar-refractivity contribution is -0.145. The summed E-state index contributed by atoms with van der Waals surface area (Å²) in [5, 5.41) is 8.47.